The second kappa shape index (κ2) is 5.45. The van der Waals surface area contributed by atoms with Crippen LogP contribution in [0.15, 0.2) is 47.0 Å². The number of nitrogens with zero attached hydrogens (tertiary/aromatic N) is 2. The molecule has 0 spiro atoms. The number of benzene rings is 1. The van der Waals surface area contributed by atoms with Crippen molar-refractivity contribution in [3.05, 3.63) is 59.4 Å². The summed E-state index contributed by atoms with van der Waals surface area (Å²) in [6, 6.07) is 11.0. The molecule has 0 aliphatic carbocycles. The van der Waals surface area contributed by atoms with Gasteiger partial charge in [0.25, 0.3) is 0 Å². The first-order chi connectivity index (χ1) is 13.1. The van der Waals surface area contributed by atoms with E-state index in [0.29, 0.717) is 22.6 Å². The van der Waals surface area contributed by atoms with E-state index in [1.54, 1.807) is 18.3 Å². The highest BCUT2D eigenvalue weighted by Crippen LogP contribution is 2.36. The smallest absolute Gasteiger partial charge is 0.227 e. The first-order valence-corrected chi connectivity index (χ1v) is 7.86. The van der Waals surface area contributed by atoms with Crippen molar-refractivity contribution in [3.8, 4) is 11.3 Å². The van der Waals surface area contributed by atoms with Gasteiger partial charge in [0, 0.05) is 28.3 Å². The Kier molecular flexibility index (Phi) is 2.49. The van der Waals surface area contributed by atoms with Crippen molar-refractivity contribution < 1.29 is 9.90 Å². The van der Waals surface area contributed by atoms with Gasteiger partial charge in [0.05, 0.1) is 11.1 Å². The number of hydrogen-bond donors (Lipinski definition) is 0. The standard InChI is InChI=1S/C21H20N2O/c1-12(2)15-8-9-22-18(11-15)16-6-5-7-17-19-13(3)10-14(4)23-21(19)24-20(16)17/h5-12H,1-4H3/i1D3,12D. The maximum Gasteiger partial charge on any atom is 0.227 e. The molecule has 0 aliphatic rings. The van der Waals surface area contributed by atoms with E-state index in [2.05, 4.69) is 9.97 Å². The molecule has 0 bridgehead atoms. The highest BCUT2D eigenvalue weighted by molar-refractivity contribution is 6.09. The fourth-order valence-electron chi connectivity index (χ4n) is 3.16. The van der Waals surface area contributed by atoms with Crippen LogP contribution in [0.4, 0.5) is 0 Å². The first kappa shape index (κ1) is 11.0. The summed E-state index contributed by atoms with van der Waals surface area (Å²) in [7, 11) is 0. The van der Waals surface area contributed by atoms with Crippen LogP contribution < -0.4 is 0 Å². The number of aromatic nitrogens is 2. The molecule has 0 aliphatic heterocycles. The monoisotopic (exact) mass is 320 g/mol. The number of furan rings is 1. The molecule has 0 N–H and O–H groups in total. The van der Waals surface area contributed by atoms with E-state index in [1.165, 1.54) is 6.92 Å². The summed E-state index contributed by atoms with van der Waals surface area (Å²) >= 11 is 0. The Morgan fingerprint density at radius 2 is 2.08 bits per heavy atom. The second-order valence-electron chi connectivity index (χ2n) is 6.10. The number of pyridine rings is 2. The summed E-state index contributed by atoms with van der Waals surface area (Å²) in [4.78, 5) is 8.92. The number of fused-ring (bicyclic) bond motifs is 3. The third kappa shape index (κ3) is 2.28. The molecule has 120 valence electrons. The molecule has 4 rings (SSSR count). The molecule has 3 heteroatoms. The van der Waals surface area contributed by atoms with Crippen LogP contribution in [-0.4, -0.2) is 9.97 Å². The van der Waals surface area contributed by atoms with Crippen molar-refractivity contribution in [2.75, 3.05) is 0 Å². The molecule has 0 amide bonds. The largest absolute Gasteiger partial charge is 0.437 e. The first-order valence-electron chi connectivity index (χ1n) is 9.86. The molecule has 1 aromatic carbocycles. The number of rotatable bonds is 2. The van der Waals surface area contributed by atoms with Gasteiger partial charge in [0.15, 0.2) is 0 Å². The summed E-state index contributed by atoms with van der Waals surface area (Å²) < 4.78 is 37.5. The van der Waals surface area contributed by atoms with Crippen LogP contribution in [0, 0.1) is 13.8 Å². The van der Waals surface area contributed by atoms with Crippen LogP contribution in [-0.2, 0) is 0 Å². The van der Waals surface area contributed by atoms with Gasteiger partial charge >= 0.3 is 0 Å². The lowest BCUT2D eigenvalue weighted by atomic mass is 10.00. The zero-order valence-corrected chi connectivity index (χ0v) is 13.8. The van der Waals surface area contributed by atoms with Crippen molar-refractivity contribution >= 4 is 22.1 Å². The average Bonchev–Trinajstić information content (AvgIpc) is 2.99. The SMILES string of the molecule is [2H]C([2H])([2H])C([2H])(C)c1ccnc(-c2cccc3c2oc2nc(C)cc(C)c23)c1. The van der Waals surface area contributed by atoms with E-state index in [4.69, 9.17) is 9.90 Å². The van der Waals surface area contributed by atoms with Gasteiger partial charge in [-0.15, -0.1) is 0 Å². The lowest BCUT2D eigenvalue weighted by molar-refractivity contribution is 0.653. The molecule has 0 saturated heterocycles. The lowest BCUT2D eigenvalue weighted by Crippen LogP contribution is -1.90. The third-order valence-corrected chi connectivity index (χ3v) is 4.26. The summed E-state index contributed by atoms with van der Waals surface area (Å²) in [5.74, 6) is -1.73. The molecule has 1 unspecified atom stereocenters. The van der Waals surface area contributed by atoms with Gasteiger partial charge in [0.2, 0.25) is 5.71 Å². The molecule has 0 fully saturated rings. The molecular formula is C21H20N2O. The molecular weight excluding hydrogens is 296 g/mol. The van der Waals surface area contributed by atoms with Crippen molar-refractivity contribution in [1.29, 1.82) is 0 Å². The minimum Gasteiger partial charge on any atom is -0.437 e. The topological polar surface area (TPSA) is 38.9 Å². The van der Waals surface area contributed by atoms with E-state index in [-0.39, 0.29) is 0 Å². The fraction of sp³-hybridized carbons (Fsp3) is 0.238. The molecule has 3 nitrogen and oxygen atoms in total. The van der Waals surface area contributed by atoms with Gasteiger partial charge in [-0.3, -0.25) is 4.98 Å². The van der Waals surface area contributed by atoms with Crippen LogP contribution in [0.5, 0.6) is 0 Å². The van der Waals surface area contributed by atoms with Gasteiger partial charge in [-0.2, -0.15) is 0 Å². The Labute approximate surface area is 147 Å². The number of aryl methyl sites for hydroxylation is 2. The van der Waals surface area contributed by atoms with E-state index >= 15 is 0 Å². The van der Waals surface area contributed by atoms with Gasteiger partial charge < -0.3 is 4.42 Å². The van der Waals surface area contributed by atoms with Crippen molar-refractivity contribution in [2.24, 2.45) is 0 Å². The molecule has 4 aromatic rings. The highest BCUT2D eigenvalue weighted by atomic mass is 16.3. The summed E-state index contributed by atoms with van der Waals surface area (Å²) in [5, 5.41) is 1.90. The van der Waals surface area contributed by atoms with Gasteiger partial charge in [-0.25, -0.2) is 4.98 Å². The zero-order valence-electron chi connectivity index (χ0n) is 17.8. The molecule has 1 atom stereocenters. The average molecular weight is 320 g/mol. The van der Waals surface area contributed by atoms with Crippen LogP contribution in [0.2, 0.25) is 0 Å². The predicted molar refractivity (Wildman–Crippen MR) is 98.3 cm³/mol. The Balaban J connectivity index is 1.96. The maximum absolute atomic E-state index is 8.36. The molecule has 24 heavy (non-hydrogen) atoms. The summed E-state index contributed by atoms with van der Waals surface area (Å²) in [5.41, 5.74) is 4.90. The zero-order chi connectivity index (χ0) is 20.3. The predicted octanol–water partition coefficient (Wildman–Crippen LogP) is 5.78. The normalized spacial score (nSPS) is 17.1. The Morgan fingerprint density at radius 1 is 1.21 bits per heavy atom. The van der Waals surface area contributed by atoms with Crippen molar-refractivity contribution in [3.63, 3.8) is 0 Å². The minimum absolute atomic E-state index is 0.385. The number of para-hydroxylation sites is 1. The van der Waals surface area contributed by atoms with E-state index in [1.807, 2.05) is 38.1 Å². The van der Waals surface area contributed by atoms with Gasteiger partial charge in [-0.1, -0.05) is 25.9 Å². The van der Waals surface area contributed by atoms with Gasteiger partial charge in [-0.05, 0) is 55.1 Å². The van der Waals surface area contributed by atoms with Gasteiger partial charge in [0.1, 0.15) is 5.58 Å². The highest BCUT2D eigenvalue weighted by Gasteiger charge is 2.16. The quantitative estimate of drug-likeness (QED) is 0.469. The maximum atomic E-state index is 8.36. The van der Waals surface area contributed by atoms with Crippen LogP contribution >= 0.6 is 0 Å². The summed E-state index contributed by atoms with van der Waals surface area (Å²) in [6.07, 6.45) is 1.54. The molecule has 0 radical (unpaired) electrons. The fourth-order valence-corrected chi connectivity index (χ4v) is 3.16. The Morgan fingerprint density at radius 3 is 2.92 bits per heavy atom. The van der Waals surface area contributed by atoms with Crippen molar-refractivity contribution in [1.82, 2.24) is 9.97 Å². The van der Waals surface area contributed by atoms with Crippen molar-refractivity contribution in [2.45, 2.75) is 33.5 Å². The third-order valence-electron chi connectivity index (χ3n) is 4.26. The number of hydrogen-bond acceptors (Lipinski definition) is 3. The van der Waals surface area contributed by atoms with Crippen LogP contribution in [0.3, 0.4) is 0 Å². The Bertz CT molecular complexity index is 1210. The molecule has 0 saturated carbocycles. The summed E-state index contributed by atoms with van der Waals surface area (Å²) in [6.45, 7) is 2.90. The van der Waals surface area contributed by atoms with Crippen LogP contribution in [0.25, 0.3) is 33.3 Å². The lowest BCUT2D eigenvalue weighted by Gasteiger charge is -2.07. The molecule has 3 aromatic heterocycles. The Hall–Kier alpha value is -2.68. The van der Waals surface area contributed by atoms with Crippen LogP contribution in [0.1, 0.15) is 42.0 Å². The van der Waals surface area contributed by atoms with E-state index < -0.39 is 12.7 Å². The molecule has 3 heterocycles. The van der Waals surface area contributed by atoms with E-state index in [0.717, 1.165) is 27.6 Å². The minimum atomic E-state index is -2.45. The second-order valence-corrected chi connectivity index (χ2v) is 6.10. The van der Waals surface area contributed by atoms with E-state index in [9.17, 15) is 0 Å².